The van der Waals surface area contributed by atoms with Gasteiger partial charge in [0.25, 0.3) is 0 Å². The molecule has 0 aromatic heterocycles. The van der Waals surface area contributed by atoms with Crippen molar-refractivity contribution in [3.8, 4) is 0 Å². The molecule has 6 unspecified atom stereocenters. The molecule has 0 bridgehead atoms. The molecule has 0 spiro atoms. The molecular formula is C32H50N8O9. The summed E-state index contributed by atoms with van der Waals surface area (Å²) in [5.41, 5.74) is 11.5. The Balaban J connectivity index is 2.16. The Labute approximate surface area is 285 Å². The van der Waals surface area contributed by atoms with Gasteiger partial charge in [-0.15, -0.1) is 0 Å². The highest BCUT2D eigenvalue weighted by molar-refractivity contribution is 5.96. The highest BCUT2D eigenvalue weighted by atomic mass is 16.4. The van der Waals surface area contributed by atoms with Crippen molar-refractivity contribution >= 4 is 41.4 Å². The van der Waals surface area contributed by atoms with E-state index in [-0.39, 0.29) is 38.1 Å². The molecule has 17 heteroatoms. The van der Waals surface area contributed by atoms with E-state index in [1.54, 1.807) is 38.1 Å². The lowest BCUT2D eigenvalue weighted by Gasteiger charge is -2.27. The quantitative estimate of drug-likeness (QED) is 0.0626. The fourth-order valence-corrected chi connectivity index (χ4v) is 5.16. The molecule has 272 valence electrons. The average molecular weight is 691 g/mol. The zero-order valence-corrected chi connectivity index (χ0v) is 27.9. The Kier molecular flexibility index (Phi) is 17.1. The van der Waals surface area contributed by atoms with Gasteiger partial charge >= 0.3 is 5.97 Å². The molecule has 49 heavy (non-hydrogen) atoms. The SMILES string of the molecule is CC(C)C(NC(=O)C(CO)NC(=O)C(CCCN)NC(=O)C(Cc1ccccc1)NC(=O)C1CCCN1)C(=O)NC(CCC(N)=O)C(=O)O. The second-order valence-electron chi connectivity index (χ2n) is 12.3. The molecule has 0 aliphatic carbocycles. The zero-order chi connectivity index (χ0) is 36.5. The minimum absolute atomic E-state index is 0.0724. The number of nitrogens with one attached hydrogen (secondary N) is 6. The molecule has 6 atom stereocenters. The number of benzene rings is 1. The van der Waals surface area contributed by atoms with Crippen LogP contribution in [0.3, 0.4) is 0 Å². The van der Waals surface area contributed by atoms with E-state index in [2.05, 4.69) is 31.9 Å². The molecule has 6 amide bonds. The average Bonchev–Trinajstić information content (AvgIpc) is 3.61. The standard InChI is InChI=1S/C32H50N8O9/c1-18(2)26(31(47)37-22(32(48)49)12-13-25(34)42)40-30(46)24(17-41)39-28(44)21(10-6-14-33)36-29(45)23(16-19-8-4-3-5-9-19)38-27(43)20-11-7-15-35-20/h3-5,8-9,18,20-24,26,35,41H,6-7,10-17,33H2,1-2H3,(H2,34,42)(H,36,45)(H,37,47)(H,38,43)(H,39,44)(H,40,46)(H,48,49). The predicted molar refractivity (Wildman–Crippen MR) is 177 cm³/mol. The van der Waals surface area contributed by atoms with Crippen molar-refractivity contribution in [2.45, 2.75) is 95.0 Å². The van der Waals surface area contributed by atoms with Gasteiger partial charge in [0.1, 0.15) is 30.2 Å². The number of carboxylic acids is 1. The number of aliphatic carboxylic acids is 1. The summed E-state index contributed by atoms with van der Waals surface area (Å²) in [5.74, 6) is -6.34. The first-order chi connectivity index (χ1) is 23.3. The normalized spacial score (nSPS) is 17.1. The number of amides is 6. The molecule has 1 aromatic carbocycles. The number of aliphatic hydroxyl groups is 1. The number of nitrogens with two attached hydrogens (primary N) is 2. The maximum atomic E-state index is 13.6. The summed E-state index contributed by atoms with van der Waals surface area (Å²) < 4.78 is 0. The molecule has 1 saturated heterocycles. The van der Waals surface area contributed by atoms with Crippen molar-refractivity contribution in [2.24, 2.45) is 17.4 Å². The van der Waals surface area contributed by atoms with Crippen molar-refractivity contribution in [1.29, 1.82) is 0 Å². The highest BCUT2D eigenvalue weighted by Crippen LogP contribution is 2.10. The molecule has 17 nitrogen and oxygen atoms in total. The van der Waals surface area contributed by atoms with Gasteiger partial charge in [-0.3, -0.25) is 28.8 Å². The second-order valence-corrected chi connectivity index (χ2v) is 12.3. The van der Waals surface area contributed by atoms with Crippen LogP contribution in [0.25, 0.3) is 0 Å². The van der Waals surface area contributed by atoms with Gasteiger partial charge in [-0.1, -0.05) is 44.2 Å². The smallest absolute Gasteiger partial charge is 0.326 e. The lowest BCUT2D eigenvalue weighted by Crippen LogP contribution is -2.60. The molecule has 1 fully saturated rings. The van der Waals surface area contributed by atoms with E-state index in [0.717, 1.165) is 12.0 Å². The first kappa shape index (κ1) is 40.6. The third-order valence-electron chi connectivity index (χ3n) is 7.98. The molecule has 1 aliphatic rings. The van der Waals surface area contributed by atoms with Crippen LogP contribution < -0.4 is 43.4 Å². The molecule has 1 aromatic rings. The van der Waals surface area contributed by atoms with E-state index in [1.165, 1.54) is 0 Å². The van der Waals surface area contributed by atoms with Crippen LogP contribution in [0.15, 0.2) is 30.3 Å². The maximum absolute atomic E-state index is 13.6. The Morgan fingerprint density at radius 1 is 0.837 bits per heavy atom. The van der Waals surface area contributed by atoms with Crippen molar-refractivity contribution < 1.29 is 43.8 Å². The minimum atomic E-state index is -1.56. The molecule has 2 rings (SSSR count). The Hall–Kier alpha value is -4.61. The third-order valence-corrected chi connectivity index (χ3v) is 7.98. The number of primary amides is 1. The number of hydrogen-bond acceptors (Lipinski definition) is 10. The summed E-state index contributed by atoms with van der Waals surface area (Å²) in [6.45, 7) is 3.16. The Morgan fingerprint density at radius 2 is 1.45 bits per heavy atom. The minimum Gasteiger partial charge on any atom is -0.480 e. The van der Waals surface area contributed by atoms with Gasteiger partial charge in [0.2, 0.25) is 35.4 Å². The molecule has 1 heterocycles. The molecule has 0 radical (unpaired) electrons. The number of hydrogen-bond donors (Lipinski definition) is 10. The molecule has 0 saturated carbocycles. The van der Waals surface area contributed by atoms with Gasteiger partial charge < -0.3 is 53.6 Å². The van der Waals surface area contributed by atoms with E-state index in [0.29, 0.717) is 19.4 Å². The van der Waals surface area contributed by atoms with Gasteiger partial charge in [0, 0.05) is 12.8 Å². The monoisotopic (exact) mass is 690 g/mol. The van der Waals surface area contributed by atoms with Crippen LogP contribution in [0.4, 0.5) is 0 Å². The third kappa shape index (κ3) is 13.8. The molecular weight excluding hydrogens is 640 g/mol. The Bertz CT molecular complexity index is 1290. The van der Waals surface area contributed by atoms with E-state index >= 15 is 0 Å². The van der Waals surface area contributed by atoms with Gasteiger partial charge in [0.15, 0.2) is 0 Å². The predicted octanol–water partition coefficient (Wildman–Crippen LogP) is -2.86. The van der Waals surface area contributed by atoms with Gasteiger partial charge in [-0.2, -0.15) is 0 Å². The van der Waals surface area contributed by atoms with Gasteiger partial charge in [0.05, 0.1) is 12.6 Å². The lowest BCUT2D eigenvalue weighted by molar-refractivity contribution is -0.143. The Morgan fingerprint density at radius 3 is 2.00 bits per heavy atom. The fraction of sp³-hybridized carbons (Fsp3) is 0.594. The zero-order valence-electron chi connectivity index (χ0n) is 27.9. The fourth-order valence-electron chi connectivity index (χ4n) is 5.16. The number of carboxylic acid groups (broad SMARTS) is 1. The van der Waals surface area contributed by atoms with Crippen LogP contribution in [-0.4, -0.2) is 108 Å². The lowest BCUT2D eigenvalue weighted by atomic mass is 10.0. The van der Waals surface area contributed by atoms with Crippen molar-refractivity contribution in [2.75, 3.05) is 19.7 Å². The number of carbonyl (C=O) groups is 7. The van der Waals surface area contributed by atoms with Crippen LogP contribution in [0.1, 0.15) is 57.9 Å². The highest BCUT2D eigenvalue weighted by Gasteiger charge is 2.34. The largest absolute Gasteiger partial charge is 0.480 e. The summed E-state index contributed by atoms with van der Waals surface area (Å²) in [5, 5.41) is 35.1. The van der Waals surface area contributed by atoms with Gasteiger partial charge in [-0.05, 0) is 56.7 Å². The summed E-state index contributed by atoms with van der Waals surface area (Å²) in [7, 11) is 0. The first-order valence-electron chi connectivity index (χ1n) is 16.4. The second kappa shape index (κ2) is 20.7. The van der Waals surface area contributed by atoms with Crippen molar-refractivity contribution in [3.05, 3.63) is 35.9 Å². The van der Waals surface area contributed by atoms with Crippen LogP contribution in [0.2, 0.25) is 0 Å². The summed E-state index contributed by atoms with van der Waals surface area (Å²) >= 11 is 0. The summed E-state index contributed by atoms with van der Waals surface area (Å²) in [6.07, 6.45) is 1.39. The van der Waals surface area contributed by atoms with Crippen molar-refractivity contribution in [1.82, 2.24) is 31.9 Å². The van der Waals surface area contributed by atoms with Crippen LogP contribution in [-0.2, 0) is 40.0 Å². The van der Waals surface area contributed by atoms with Crippen LogP contribution >= 0.6 is 0 Å². The van der Waals surface area contributed by atoms with Gasteiger partial charge in [-0.25, -0.2) is 4.79 Å². The molecule has 12 N–H and O–H groups in total. The number of aliphatic hydroxyl groups excluding tert-OH is 1. The topological polar surface area (TPSA) is 284 Å². The first-order valence-corrected chi connectivity index (χ1v) is 16.4. The summed E-state index contributed by atoms with van der Waals surface area (Å²) in [6, 6.07) is 2.03. The summed E-state index contributed by atoms with van der Waals surface area (Å²) in [4.78, 5) is 88.8. The molecule has 1 aliphatic heterocycles. The van der Waals surface area contributed by atoms with Crippen molar-refractivity contribution in [3.63, 3.8) is 0 Å². The maximum Gasteiger partial charge on any atom is 0.326 e. The van der Waals surface area contributed by atoms with E-state index in [4.69, 9.17) is 11.5 Å². The van der Waals surface area contributed by atoms with E-state index in [9.17, 15) is 43.8 Å². The van der Waals surface area contributed by atoms with E-state index in [1.807, 2.05) is 6.07 Å². The van der Waals surface area contributed by atoms with Crippen LogP contribution in [0.5, 0.6) is 0 Å². The van der Waals surface area contributed by atoms with Crippen LogP contribution in [0, 0.1) is 5.92 Å². The van der Waals surface area contributed by atoms with E-state index < -0.39 is 84.3 Å². The number of rotatable bonds is 21. The number of carbonyl (C=O) groups excluding carboxylic acids is 6.